The molecule has 0 amide bonds. The first-order chi connectivity index (χ1) is 13.2. The Balaban J connectivity index is 1.89. The van der Waals surface area contributed by atoms with Crippen LogP contribution in [0.1, 0.15) is 30.5 Å². The van der Waals surface area contributed by atoms with E-state index in [1.165, 1.54) is 33.4 Å². The summed E-state index contributed by atoms with van der Waals surface area (Å²) in [6.07, 6.45) is 7.18. The largest absolute Gasteiger partial charge is 0.0790 e. The lowest BCUT2D eigenvalue weighted by molar-refractivity contribution is 0.373. The predicted molar refractivity (Wildman–Crippen MR) is 114 cm³/mol. The lowest BCUT2D eigenvalue weighted by Crippen LogP contribution is -2.39. The van der Waals surface area contributed by atoms with Crippen molar-refractivity contribution in [3.63, 3.8) is 0 Å². The molecule has 2 aliphatic rings. The topological polar surface area (TPSA) is 0 Å². The van der Waals surface area contributed by atoms with Gasteiger partial charge < -0.3 is 0 Å². The highest BCUT2D eigenvalue weighted by Crippen LogP contribution is 2.58. The highest BCUT2D eigenvalue weighted by molar-refractivity contribution is 5.84. The van der Waals surface area contributed by atoms with Crippen molar-refractivity contribution in [3.05, 3.63) is 119 Å². The number of rotatable bonds is 2. The van der Waals surface area contributed by atoms with Crippen molar-refractivity contribution in [2.45, 2.75) is 19.3 Å². The lowest BCUT2D eigenvalue weighted by atomic mass is 9.59. The number of fused-ring (bicyclic) bond motifs is 3. The second kappa shape index (κ2) is 6.09. The molecule has 0 spiro atoms. The molecule has 132 valence electrons. The molecule has 0 bridgehead atoms. The summed E-state index contributed by atoms with van der Waals surface area (Å²) in [5.41, 5.74) is 8.23. The zero-order valence-corrected chi connectivity index (χ0v) is 15.9. The van der Waals surface area contributed by atoms with Gasteiger partial charge in [0, 0.05) is 5.92 Å². The third-order valence-electron chi connectivity index (χ3n) is 6.38. The molecule has 0 heteroatoms. The average molecular weight is 348 g/mol. The van der Waals surface area contributed by atoms with Gasteiger partial charge in [-0.05, 0) is 40.7 Å². The second-order valence-corrected chi connectivity index (χ2v) is 7.92. The predicted octanol–water partition coefficient (Wildman–Crippen LogP) is 6.77. The lowest BCUT2D eigenvalue weighted by Gasteiger charge is -2.42. The molecule has 0 aromatic heterocycles. The summed E-state index contributed by atoms with van der Waals surface area (Å²) in [5, 5.41) is 0. The van der Waals surface area contributed by atoms with Gasteiger partial charge in [0.15, 0.2) is 0 Å². The van der Waals surface area contributed by atoms with Gasteiger partial charge in [-0.1, -0.05) is 110 Å². The monoisotopic (exact) mass is 348 g/mol. The van der Waals surface area contributed by atoms with Crippen LogP contribution in [0, 0.1) is 11.8 Å². The highest BCUT2D eigenvalue weighted by atomic mass is 14.5. The maximum atomic E-state index is 2.45. The summed E-state index contributed by atoms with van der Waals surface area (Å²) in [5.74, 6) is 0.850. The Morgan fingerprint density at radius 1 is 0.704 bits per heavy atom. The summed E-state index contributed by atoms with van der Waals surface area (Å²) in [4.78, 5) is 0. The Bertz CT molecular complexity index is 1010. The Kier molecular flexibility index (Phi) is 3.68. The molecule has 0 saturated heterocycles. The Hall–Kier alpha value is -2.86. The number of hydrogen-bond donors (Lipinski definition) is 0. The van der Waals surface area contributed by atoms with Crippen LogP contribution in [0.2, 0.25) is 0 Å². The van der Waals surface area contributed by atoms with Crippen molar-refractivity contribution in [2.75, 3.05) is 0 Å². The van der Waals surface area contributed by atoms with E-state index in [4.69, 9.17) is 0 Å². The summed E-state index contributed by atoms with van der Waals surface area (Å²) in [6, 6.07) is 29.1. The molecule has 0 saturated carbocycles. The van der Waals surface area contributed by atoms with E-state index in [0.29, 0.717) is 11.8 Å². The van der Waals surface area contributed by atoms with E-state index in [0.717, 1.165) is 0 Å². The van der Waals surface area contributed by atoms with Crippen LogP contribution in [-0.4, -0.2) is 0 Å². The first kappa shape index (κ1) is 16.3. The molecule has 2 unspecified atom stereocenters. The van der Waals surface area contributed by atoms with Crippen LogP contribution in [0.15, 0.2) is 103 Å². The average Bonchev–Trinajstić information content (AvgIpc) is 3.00. The van der Waals surface area contributed by atoms with E-state index < -0.39 is 0 Å². The minimum absolute atomic E-state index is 0.151. The number of hydrogen-bond acceptors (Lipinski definition) is 0. The number of allylic oxidation sites excluding steroid dienone is 4. The van der Waals surface area contributed by atoms with Crippen LogP contribution in [0.4, 0.5) is 0 Å². The van der Waals surface area contributed by atoms with Crippen molar-refractivity contribution in [3.8, 4) is 11.1 Å². The summed E-state index contributed by atoms with van der Waals surface area (Å²) < 4.78 is 0. The molecule has 0 radical (unpaired) electrons. The molecule has 0 heterocycles. The third kappa shape index (κ3) is 2.23. The molecule has 3 aromatic rings. The van der Waals surface area contributed by atoms with Crippen molar-refractivity contribution in [1.29, 1.82) is 0 Å². The Morgan fingerprint density at radius 3 is 1.85 bits per heavy atom. The van der Waals surface area contributed by atoms with Gasteiger partial charge in [-0.25, -0.2) is 0 Å². The van der Waals surface area contributed by atoms with Gasteiger partial charge in [0.2, 0.25) is 0 Å². The summed E-state index contributed by atoms with van der Waals surface area (Å²) >= 11 is 0. The first-order valence-corrected chi connectivity index (χ1v) is 9.84. The van der Waals surface area contributed by atoms with Crippen LogP contribution in [0.25, 0.3) is 11.1 Å². The molecule has 0 N–H and O–H groups in total. The second-order valence-electron chi connectivity index (χ2n) is 7.92. The standard InChI is InChI=1S/C27H24/c1-19-16-17-24(20(2)18-19)27(21-10-4-3-5-11-21)25-14-8-6-12-22(25)23-13-7-9-15-26(23)27/h3-18,20,24H,1-2H3. The Morgan fingerprint density at radius 2 is 1.26 bits per heavy atom. The van der Waals surface area contributed by atoms with Gasteiger partial charge >= 0.3 is 0 Å². The molecule has 0 aliphatic heterocycles. The van der Waals surface area contributed by atoms with Gasteiger partial charge in [-0.3, -0.25) is 0 Å². The molecule has 5 rings (SSSR count). The third-order valence-corrected chi connectivity index (χ3v) is 6.38. The molecule has 27 heavy (non-hydrogen) atoms. The molecular formula is C27H24. The van der Waals surface area contributed by atoms with Gasteiger partial charge in [0.05, 0.1) is 5.41 Å². The van der Waals surface area contributed by atoms with Crippen molar-refractivity contribution >= 4 is 0 Å². The quantitative estimate of drug-likeness (QED) is 0.479. The van der Waals surface area contributed by atoms with Gasteiger partial charge in [0.1, 0.15) is 0 Å². The van der Waals surface area contributed by atoms with Crippen LogP contribution in [0.5, 0.6) is 0 Å². The molecular weight excluding hydrogens is 324 g/mol. The molecule has 0 nitrogen and oxygen atoms in total. The fourth-order valence-electron chi connectivity index (χ4n) is 5.38. The first-order valence-electron chi connectivity index (χ1n) is 9.84. The zero-order chi connectivity index (χ0) is 18.4. The van der Waals surface area contributed by atoms with Gasteiger partial charge in [-0.2, -0.15) is 0 Å². The number of benzene rings is 3. The summed E-state index contributed by atoms with van der Waals surface area (Å²) in [6.45, 7) is 4.57. The van der Waals surface area contributed by atoms with Crippen molar-refractivity contribution < 1.29 is 0 Å². The van der Waals surface area contributed by atoms with E-state index >= 15 is 0 Å². The van der Waals surface area contributed by atoms with Crippen LogP contribution < -0.4 is 0 Å². The van der Waals surface area contributed by atoms with Gasteiger partial charge in [0.25, 0.3) is 0 Å². The van der Waals surface area contributed by atoms with Gasteiger partial charge in [-0.15, -0.1) is 0 Å². The Labute approximate surface area is 161 Å². The normalized spacial score (nSPS) is 22.1. The van der Waals surface area contributed by atoms with Crippen molar-refractivity contribution in [2.24, 2.45) is 11.8 Å². The summed E-state index contributed by atoms with van der Waals surface area (Å²) in [7, 11) is 0. The van der Waals surface area contributed by atoms with Crippen LogP contribution in [-0.2, 0) is 5.41 Å². The maximum absolute atomic E-state index is 2.45. The molecule has 3 aromatic carbocycles. The molecule has 0 fully saturated rings. The van der Waals surface area contributed by atoms with E-state index in [-0.39, 0.29) is 5.41 Å². The molecule has 2 atom stereocenters. The highest BCUT2D eigenvalue weighted by Gasteiger charge is 2.50. The zero-order valence-electron chi connectivity index (χ0n) is 15.9. The maximum Gasteiger partial charge on any atom is 0.0531 e. The van der Waals surface area contributed by atoms with E-state index in [1.807, 2.05) is 0 Å². The minimum atomic E-state index is -0.151. The van der Waals surface area contributed by atoms with E-state index in [2.05, 4.69) is 111 Å². The fourth-order valence-corrected chi connectivity index (χ4v) is 5.38. The smallest absolute Gasteiger partial charge is 0.0531 e. The molecule has 2 aliphatic carbocycles. The van der Waals surface area contributed by atoms with Crippen LogP contribution >= 0.6 is 0 Å². The van der Waals surface area contributed by atoms with E-state index in [1.54, 1.807) is 0 Å². The fraction of sp³-hybridized carbons (Fsp3) is 0.185. The van der Waals surface area contributed by atoms with E-state index in [9.17, 15) is 0 Å². The SMILES string of the molecule is CC1=CC(C)C(C2(c3ccccc3)c3ccccc3-c3ccccc32)C=C1. The minimum Gasteiger partial charge on any atom is -0.0790 e. The van der Waals surface area contributed by atoms with Crippen LogP contribution in [0.3, 0.4) is 0 Å². The van der Waals surface area contributed by atoms with Crippen molar-refractivity contribution in [1.82, 2.24) is 0 Å².